The van der Waals surface area contributed by atoms with Crippen LogP contribution >= 0.6 is 11.6 Å². The minimum absolute atomic E-state index is 0.190. The van der Waals surface area contributed by atoms with Crippen molar-refractivity contribution in [1.29, 1.82) is 0 Å². The van der Waals surface area contributed by atoms with E-state index in [1.165, 1.54) is 12.1 Å². The molecule has 20 heavy (non-hydrogen) atoms. The monoisotopic (exact) mass is 286 g/mol. The summed E-state index contributed by atoms with van der Waals surface area (Å²) in [4.78, 5) is 15.4. The Morgan fingerprint density at radius 2 is 2.05 bits per heavy atom. The second kappa shape index (κ2) is 4.65. The van der Waals surface area contributed by atoms with Crippen LogP contribution < -0.4 is 0 Å². The average molecular weight is 287 g/mol. The number of halogens is 1. The minimum atomic E-state index is -0.984. The third kappa shape index (κ3) is 1.94. The molecule has 3 rings (SSSR count). The van der Waals surface area contributed by atoms with E-state index in [9.17, 15) is 4.79 Å². The van der Waals surface area contributed by atoms with E-state index >= 15 is 0 Å². The van der Waals surface area contributed by atoms with Crippen molar-refractivity contribution in [1.82, 2.24) is 9.38 Å². The number of carbonyl (C=O) groups is 1. The summed E-state index contributed by atoms with van der Waals surface area (Å²) in [7, 11) is 0. The summed E-state index contributed by atoms with van der Waals surface area (Å²) in [5.41, 5.74) is 2.83. The van der Waals surface area contributed by atoms with Crippen LogP contribution in [0.25, 0.3) is 16.9 Å². The SMILES string of the molecule is Cc1ccccc1-c1nc(Cl)c2cc(C(=O)O)ccn12. The van der Waals surface area contributed by atoms with E-state index in [1.54, 1.807) is 10.6 Å². The highest BCUT2D eigenvalue weighted by Crippen LogP contribution is 2.28. The van der Waals surface area contributed by atoms with Crippen LogP contribution in [0, 0.1) is 6.92 Å². The molecule has 0 aliphatic carbocycles. The maximum atomic E-state index is 11.0. The number of aromatic carboxylic acids is 1. The van der Waals surface area contributed by atoms with Gasteiger partial charge in [-0.15, -0.1) is 0 Å². The molecule has 0 atom stereocenters. The third-order valence-electron chi connectivity index (χ3n) is 3.23. The van der Waals surface area contributed by atoms with Crippen LogP contribution in [0.1, 0.15) is 15.9 Å². The molecule has 4 nitrogen and oxygen atoms in total. The van der Waals surface area contributed by atoms with E-state index in [0.29, 0.717) is 16.5 Å². The second-order valence-corrected chi connectivity index (χ2v) is 4.87. The second-order valence-electron chi connectivity index (χ2n) is 4.52. The Balaban J connectivity index is 2.29. The summed E-state index contributed by atoms with van der Waals surface area (Å²) < 4.78 is 1.80. The number of rotatable bonds is 2. The first kappa shape index (κ1) is 12.7. The molecule has 2 aromatic heterocycles. The van der Waals surface area contributed by atoms with E-state index in [-0.39, 0.29) is 5.56 Å². The fourth-order valence-corrected chi connectivity index (χ4v) is 2.42. The zero-order chi connectivity index (χ0) is 14.3. The number of nitrogens with zero attached hydrogens (tertiary/aromatic N) is 2. The fraction of sp³-hybridized carbons (Fsp3) is 0.0667. The van der Waals surface area contributed by atoms with Gasteiger partial charge < -0.3 is 5.11 Å². The van der Waals surface area contributed by atoms with Gasteiger partial charge in [-0.25, -0.2) is 9.78 Å². The zero-order valence-electron chi connectivity index (χ0n) is 10.7. The summed E-state index contributed by atoms with van der Waals surface area (Å²) >= 11 is 6.13. The van der Waals surface area contributed by atoms with Crippen LogP contribution in [-0.2, 0) is 0 Å². The Morgan fingerprint density at radius 3 is 2.75 bits per heavy atom. The van der Waals surface area contributed by atoms with Gasteiger partial charge in [0.1, 0.15) is 5.82 Å². The summed E-state index contributed by atoms with van der Waals surface area (Å²) in [6, 6.07) is 10.9. The quantitative estimate of drug-likeness (QED) is 0.782. The molecule has 1 aromatic carbocycles. The summed E-state index contributed by atoms with van der Waals surface area (Å²) in [6.45, 7) is 2.00. The zero-order valence-corrected chi connectivity index (χ0v) is 11.4. The van der Waals surface area contributed by atoms with E-state index in [2.05, 4.69) is 4.98 Å². The fourth-order valence-electron chi connectivity index (χ4n) is 2.19. The van der Waals surface area contributed by atoms with Crippen molar-refractivity contribution in [3.05, 3.63) is 58.9 Å². The first-order valence-electron chi connectivity index (χ1n) is 6.05. The molecule has 0 fully saturated rings. The van der Waals surface area contributed by atoms with Gasteiger partial charge in [0.25, 0.3) is 0 Å². The highest BCUT2D eigenvalue weighted by Gasteiger charge is 2.14. The lowest BCUT2D eigenvalue weighted by atomic mass is 10.1. The van der Waals surface area contributed by atoms with E-state index in [0.717, 1.165) is 11.1 Å². The van der Waals surface area contributed by atoms with Crippen molar-refractivity contribution < 1.29 is 9.90 Å². The molecule has 0 unspecified atom stereocenters. The predicted octanol–water partition coefficient (Wildman–Crippen LogP) is 3.66. The Bertz CT molecular complexity index is 824. The lowest BCUT2D eigenvalue weighted by Crippen LogP contribution is -1.98. The van der Waals surface area contributed by atoms with Gasteiger partial charge in [0.15, 0.2) is 5.15 Å². The topological polar surface area (TPSA) is 54.6 Å². The number of aryl methyl sites for hydroxylation is 1. The number of benzene rings is 1. The number of hydrogen-bond donors (Lipinski definition) is 1. The number of pyridine rings is 1. The molecular formula is C15H11ClN2O2. The molecule has 2 heterocycles. The first-order chi connectivity index (χ1) is 9.58. The smallest absolute Gasteiger partial charge is 0.335 e. The molecule has 0 spiro atoms. The highest BCUT2D eigenvalue weighted by molar-refractivity contribution is 6.33. The molecular weight excluding hydrogens is 276 g/mol. The minimum Gasteiger partial charge on any atom is -0.478 e. The number of imidazole rings is 1. The maximum absolute atomic E-state index is 11.0. The van der Waals surface area contributed by atoms with Crippen LogP contribution in [0.2, 0.25) is 5.15 Å². The molecule has 3 aromatic rings. The molecule has 100 valence electrons. The van der Waals surface area contributed by atoms with Crippen molar-refractivity contribution in [2.24, 2.45) is 0 Å². The third-order valence-corrected chi connectivity index (χ3v) is 3.51. The van der Waals surface area contributed by atoms with Crippen molar-refractivity contribution in [3.8, 4) is 11.4 Å². The van der Waals surface area contributed by atoms with Gasteiger partial charge in [0.05, 0.1) is 11.1 Å². The van der Waals surface area contributed by atoms with Crippen LogP contribution in [0.3, 0.4) is 0 Å². The lowest BCUT2D eigenvalue weighted by Gasteiger charge is -2.05. The number of hydrogen-bond acceptors (Lipinski definition) is 2. The maximum Gasteiger partial charge on any atom is 0.335 e. The predicted molar refractivity (Wildman–Crippen MR) is 77.3 cm³/mol. The number of carboxylic acid groups (broad SMARTS) is 1. The molecule has 0 bridgehead atoms. The molecule has 0 radical (unpaired) electrons. The lowest BCUT2D eigenvalue weighted by molar-refractivity contribution is 0.0697. The van der Waals surface area contributed by atoms with E-state index < -0.39 is 5.97 Å². The Labute approximate surface area is 120 Å². The van der Waals surface area contributed by atoms with Gasteiger partial charge in [-0.3, -0.25) is 4.40 Å². The van der Waals surface area contributed by atoms with Crippen molar-refractivity contribution in [2.45, 2.75) is 6.92 Å². The molecule has 5 heteroatoms. The Morgan fingerprint density at radius 1 is 1.30 bits per heavy atom. The Kier molecular flexibility index (Phi) is 2.95. The molecule has 0 saturated heterocycles. The normalized spacial score (nSPS) is 10.9. The van der Waals surface area contributed by atoms with E-state index in [4.69, 9.17) is 16.7 Å². The number of aromatic nitrogens is 2. The van der Waals surface area contributed by atoms with Gasteiger partial charge in [0, 0.05) is 11.8 Å². The van der Waals surface area contributed by atoms with Gasteiger partial charge in [0.2, 0.25) is 0 Å². The van der Waals surface area contributed by atoms with Crippen molar-refractivity contribution in [2.75, 3.05) is 0 Å². The standard InChI is InChI=1S/C15H11ClN2O2/c1-9-4-2-3-5-11(9)14-17-13(16)12-8-10(15(19)20)6-7-18(12)14/h2-8H,1H3,(H,19,20). The van der Waals surface area contributed by atoms with Crippen LogP contribution in [0.5, 0.6) is 0 Å². The van der Waals surface area contributed by atoms with Gasteiger partial charge in [-0.05, 0) is 24.6 Å². The summed E-state index contributed by atoms with van der Waals surface area (Å²) in [6.07, 6.45) is 1.68. The first-order valence-corrected chi connectivity index (χ1v) is 6.42. The molecule has 0 aliphatic rings. The van der Waals surface area contributed by atoms with Crippen LogP contribution in [0.15, 0.2) is 42.6 Å². The summed E-state index contributed by atoms with van der Waals surface area (Å²) in [5.74, 6) is -0.276. The van der Waals surface area contributed by atoms with Crippen LogP contribution in [0.4, 0.5) is 0 Å². The van der Waals surface area contributed by atoms with Crippen molar-refractivity contribution in [3.63, 3.8) is 0 Å². The molecule has 0 amide bonds. The molecule has 0 saturated carbocycles. The molecule has 1 N–H and O–H groups in total. The molecule has 0 aliphatic heterocycles. The van der Waals surface area contributed by atoms with Gasteiger partial charge in [-0.1, -0.05) is 35.9 Å². The van der Waals surface area contributed by atoms with Gasteiger partial charge in [-0.2, -0.15) is 0 Å². The average Bonchev–Trinajstić information content (AvgIpc) is 2.76. The number of carboxylic acids is 1. The van der Waals surface area contributed by atoms with E-state index in [1.807, 2.05) is 31.2 Å². The Hall–Kier alpha value is -2.33. The van der Waals surface area contributed by atoms with Gasteiger partial charge >= 0.3 is 5.97 Å². The summed E-state index contributed by atoms with van der Waals surface area (Å²) in [5, 5.41) is 9.33. The van der Waals surface area contributed by atoms with Crippen LogP contribution in [-0.4, -0.2) is 20.5 Å². The van der Waals surface area contributed by atoms with Crippen molar-refractivity contribution >= 4 is 23.1 Å². The number of fused-ring (bicyclic) bond motifs is 1. The highest BCUT2D eigenvalue weighted by atomic mass is 35.5. The largest absolute Gasteiger partial charge is 0.478 e.